The van der Waals surface area contributed by atoms with Crippen LogP contribution in [0.5, 0.6) is 5.75 Å². The lowest BCUT2D eigenvalue weighted by Gasteiger charge is -2.00. The van der Waals surface area contributed by atoms with Gasteiger partial charge in [0.2, 0.25) is 0 Å². The van der Waals surface area contributed by atoms with Crippen LogP contribution < -0.4 is 10.5 Å². The second kappa shape index (κ2) is 3.41. The van der Waals surface area contributed by atoms with Crippen molar-refractivity contribution >= 4 is 27.9 Å². The van der Waals surface area contributed by atoms with Crippen molar-refractivity contribution in [2.75, 3.05) is 12.8 Å². The molecule has 0 saturated carbocycles. The van der Waals surface area contributed by atoms with Gasteiger partial charge in [-0.25, -0.2) is 4.68 Å². The van der Waals surface area contributed by atoms with E-state index in [1.54, 1.807) is 11.8 Å². The Kier molecular flexibility index (Phi) is 2.01. The molecule has 0 fully saturated rings. The SMILES string of the molecule is CCn1nc2c(oc3c(OC)cccc32)c1N. The van der Waals surface area contributed by atoms with Crippen LogP contribution in [0.1, 0.15) is 6.92 Å². The van der Waals surface area contributed by atoms with Gasteiger partial charge in [-0.05, 0) is 19.1 Å². The number of fused-ring (bicyclic) bond motifs is 3. The second-order valence-corrected chi connectivity index (χ2v) is 3.82. The maximum absolute atomic E-state index is 5.97. The fourth-order valence-corrected chi connectivity index (χ4v) is 2.05. The Morgan fingerprint density at radius 1 is 1.41 bits per heavy atom. The number of rotatable bonds is 2. The zero-order chi connectivity index (χ0) is 12.0. The third-order valence-electron chi connectivity index (χ3n) is 2.90. The zero-order valence-electron chi connectivity index (χ0n) is 9.73. The van der Waals surface area contributed by atoms with Gasteiger partial charge in [-0.1, -0.05) is 6.07 Å². The summed E-state index contributed by atoms with van der Waals surface area (Å²) in [7, 11) is 1.62. The second-order valence-electron chi connectivity index (χ2n) is 3.82. The van der Waals surface area contributed by atoms with Crippen molar-refractivity contribution in [2.45, 2.75) is 13.5 Å². The minimum atomic E-state index is 0.556. The van der Waals surface area contributed by atoms with Gasteiger partial charge >= 0.3 is 0 Å². The first-order chi connectivity index (χ1) is 8.26. The molecule has 0 aliphatic carbocycles. The number of hydrogen-bond donors (Lipinski definition) is 1. The predicted octanol–water partition coefficient (Wildman–Crippen LogP) is 2.39. The minimum absolute atomic E-state index is 0.556. The lowest BCUT2D eigenvalue weighted by Crippen LogP contribution is -2.01. The van der Waals surface area contributed by atoms with Gasteiger partial charge in [-0.2, -0.15) is 5.10 Å². The average molecular weight is 231 g/mol. The molecule has 0 unspecified atom stereocenters. The standard InChI is InChI=1S/C12H13N3O2/c1-3-15-12(13)11-9(14-15)7-5-4-6-8(16-2)10(7)17-11/h4-6H,3,13H2,1-2H3. The summed E-state index contributed by atoms with van der Waals surface area (Å²) in [5.74, 6) is 1.25. The molecule has 88 valence electrons. The van der Waals surface area contributed by atoms with Crippen LogP contribution in [0.2, 0.25) is 0 Å². The Bertz CT molecular complexity index is 696. The van der Waals surface area contributed by atoms with Gasteiger partial charge in [-0.3, -0.25) is 0 Å². The fraction of sp³-hybridized carbons (Fsp3) is 0.250. The molecular weight excluding hydrogens is 218 g/mol. The van der Waals surface area contributed by atoms with Gasteiger partial charge in [0.1, 0.15) is 5.52 Å². The molecule has 5 heteroatoms. The van der Waals surface area contributed by atoms with E-state index in [9.17, 15) is 0 Å². The van der Waals surface area contributed by atoms with E-state index in [4.69, 9.17) is 14.9 Å². The summed E-state index contributed by atoms with van der Waals surface area (Å²) >= 11 is 0. The Morgan fingerprint density at radius 2 is 2.24 bits per heavy atom. The van der Waals surface area contributed by atoms with Crippen LogP contribution in [-0.4, -0.2) is 16.9 Å². The quantitative estimate of drug-likeness (QED) is 0.735. The highest BCUT2D eigenvalue weighted by molar-refractivity contribution is 6.07. The number of methoxy groups -OCH3 is 1. The molecule has 3 aromatic rings. The van der Waals surface area contributed by atoms with Crippen molar-refractivity contribution < 1.29 is 9.15 Å². The summed E-state index contributed by atoms with van der Waals surface area (Å²) in [6.07, 6.45) is 0. The molecule has 5 nitrogen and oxygen atoms in total. The van der Waals surface area contributed by atoms with Crippen LogP contribution in [0.4, 0.5) is 5.82 Å². The number of ether oxygens (including phenoxy) is 1. The third kappa shape index (κ3) is 1.22. The Labute approximate surface area is 97.7 Å². The van der Waals surface area contributed by atoms with E-state index in [1.807, 2.05) is 25.1 Å². The van der Waals surface area contributed by atoms with Crippen LogP contribution in [-0.2, 0) is 6.54 Å². The molecule has 2 N–H and O–H groups in total. The molecule has 2 aromatic heterocycles. The van der Waals surface area contributed by atoms with Crippen LogP contribution in [0, 0.1) is 0 Å². The van der Waals surface area contributed by atoms with E-state index in [0.717, 1.165) is 17.4 Å². The smallest absolute Gasteiger partial charge is 0.197 e. The highest BCUT2D eigenvalue weighted by atomic mass is 16.5. The van der Waals surface area contributed by atoms with Gasteiger partial charge in [0.05, 0.1) is 12.5 Å². The largest absolute Gasteiger partial charge is 0.493 e. The summed E-state index contributed by atoms with van der Waals surface area (Å²) in [5.41, 5.74) is 8.09. The van der Waals surface area contributed by atoms with Gasteiger partial charge in [0.25, 0.3) is 0 Å². The molecule has 0 aliphatic heterocycles. The molecule has 0 aliphatic rings. The first-order valence-electron chi connectivity index (χ1n) is 5.47. The lowest BCUT2D eigenvalue weighted by atomic mass is 10.2. The third-order valence-corrected chi connectivity index (χ3v) is 2.90. The van der Waals surface area contributed by atoms with Gasteiger partial charge in [0, 0.05) is 6.54 Å². The number of aryl methyl sites for hydroxylation is 1. The van der Waals surface area contributed by atoms with E-state index < -0.39 is 0 Å². The number of hydrogen-bond acceptors (Lipinski definition) is 4. The maximum atomic E-state index is 5.97. The van der Waals surface area contributed by atoms with E-state index in [-0.39, 0.29) is 0 Å². The topological polar surface area (TPSA) is 66.2 Å². The van der Waals surface area contributed by atoms with Gasteiger partial charge < -0.3 is 14.9 Å². The van der Waals surface area contributed by atoms with Crippen molar-refractivity contribution in [3.05, 3.63) is 18.2 Å². The summed E-state index contributed by atoms with van der Waals surface area (Å²) < 4.78 is 12.7. The van der Waals surface area contributed by atoms with Gasteiger partial charge in [0.15, 0.2) is 22.7 Å². The van der Waals surface area contributed by atoms with Crippen molar-refractivity contribution in [1.29, 1.82) is 0 Å². The number of furan rings is 1. The molecule has 1 aromatic carbocycles. The van der Waals surface area contributed by atoms with Crippen LogP contribution in [0.25, 0.3) is 22.1 Å². The van der Waals surface area contributed by atoms with Crippen LogP contribution in [0.3, 0.4) is 0 Å². The fourth-order valence-electron chi connectivity index (χ4n) is 2.05. The predicted molar refractivity (Wildman–Crippen MR) is 66.1 cm³/mol. The summed E-state index contributed by atoms with van der Waals surface area (Å²) in [6, 6.07) is 5.72. The first kappa shape index (κ1) is 10.0. The van der Waals surface area contributed by atoms with Crippen molar-refractivity contribution in [3.63, 3.8) is 0 Å². The molecular formula is C12H13N3O2. The molecule has 3 rings (SSSR count). The van der Waals surface area contributed by atoms with Crippen LogP contribution >= 0.6 is 0 Å². The first-order valence-corrected chi connectivity index (χ1v) is 5.47. The monoisotopic (exact) mass is 231 g/mol. The maximum Gasteiger partial charge on any atom is 0.197 e. The van der Waals surface area contributed by atoms with E-state index in [0.29, 0.717) is 22.7 Å². The highest BCUT2D eigenvalue weighted by Gasteiger charge is 2.17. The molecule has 0 spiro atoms. The number of benzene rings is 1. The summed E-state index contributed by atoms with van der Waals surface area (Å²) in [6.45, 7) is 2.71. The van der Waals surface area contributed by atoms with Crippen molar-refractivity contribution in [2.24, 2.45) is 0 Å². The molecule has 0 saturated heterocycles. The molecule has 2 heterocycles. The molecule has 0 atom stereocenters. The zero-order valence-corrected chi connectivity index (χ0v) is 9.73. The molecule has 0 amide bonds. The van der Waals surface area contributed by atoms with Gasteiger partial charge in [-0.15, -0.1) is 0 Å². The van der Waals surface area contributed by atoms with Crippen molar-refractivity contribution in [1.82, 2.24) is 9.78 Å². The highest BCUT2D eigenvalue weighted by Crippen LogP contribution is 2.36. The van der Waals surface area contributed by atoms with Crippen LogP contribution in [0.15, 0.2) is 22.6 Å². The summed E-state index contributed by atoms with van der Waals surface area (Å²) in [4.78, 5) is 0. The molecule has 0 radical (unpaired) electrons. The minimum Gasteiger partial charge on any atom is -0.493 e. The molecule has 17 heavy (non-hydrogen) atoms. The number of nitrogens with zero attached hydrogens (tertiary/aromatic N) is 2. The van der Waals surface area contributed by atoms with E-state index in [1.165, 1.54) is 0 Å². The Balaban J connectivity index is 2.44. The number of nitrogen functional groups attached to an aromatic ring is 1. The Hall–Kier alpha value is -2.17. The number of nitrogens with two attached hydrogens (primary N) is 1. The summed E-state index contributed by atoms with van der Waals surface area (Å²) in [5, 5.41) is 5.37. The lowest BCUT2D eigenvalue weighted by molar-refractivity contribution is 0.412. The Morgan fingerprint density at radius 3 is 2.94 bits per heavy atom. The normalized spacial score (nSPS) is 11.4. The van der Waals surface area contributed by atoms with E-state index >= 15 is 0 Å². The number of para-hydroxylation sites is 1. The molecule has 0 bridgehead atoms. The number of anilines is 1. The average Bonchev–Trinajstić information content (AvgIpc) is 2.86. The van der Waals surface area contributed by atoms with Crippen molar-refractivity contribution in [3.8, 4) is 5.75 Å². The van der Waals surface area contributed by atoms with E-state index in [2.05, 4.69) is 5.10 Å². The number of aromatic nitrogens is 2.